The monoisotopic (exact) mass is 235 g/mol. The van der Waals surface area contributed by atoms with Gasteiger partial charge in [-0.2, -0.15) is 22.7 Å². The van der Waals surface area contributed by atoms with Crippen molar-refractivity contribution in [2.75, 3.05) is 6.54 Å². The quantitative estimate of drug-likeness (QED) is 0.726. The maximum absolute atomic E-state index is 2.50. The highest BCUT2D eigenvalue weighted by Crippen LogP contribution is 2.36. The first-order valence-corrected chi connectivity index (χ1v) is 7.10. The highest BCUT2D eigenvalue weighted by atomic mass is 32.1. The zero-order valence-electron chi connectivity index (χ0n) is 8.69. The molecule has 0 N–H and O–H groups in total. The third-order valence-electron chi connectivity index (χ3n) is 3.01. The number of nitrogens with zero attached hydrogens (tertiary/aromatic N) is 1. The van der Waals surface area contributed by atoms with E-state index >= 15 is 0 Å². The Kier molecular flexibility index (Phi) is 2.39. The molecule has 0 aliphatic carbocycles. The molecule has 0 amide bonds. The summed E-state index contributed by atoms with van der Waals surface area (Å²) in [6.45, 7) is 5.58. The lowest BCUT2D eigenvalue weighted by molar-refractivity contribution is 0.275. The van der Waals surface area contributed by atoms with Gasteiger partial charge in [0.25, 0.3) is 0 Å². The van der Waals surface area contributed by atoms with Crippen molar-refractivity contribution in [2.24, 2.45) is 0 Å². The van der Waals surface area contributed by atoms with Gasteiger partial charge in [-0.3, -0.25) is 4.90 Å². The first-order chi connectivity index (χ1) is 7.38. The number of fused-ring (bicyclic) bond motifs is 3. The van der Waals surface area contributed by atoms with E-state index < -0.39 is 0 Å². The SMILES string of the molecule is CCN1Cc2cscc2-c2cscc2C1. The molecule has 2 aromatic heterocycles. The van der Waals surface area contributed by atoms with Crippen LogP contribution in [0.3, 0.4) is 0 Å². The van der Waals surface area contributed by atoms with E-state index in [2.05, 4.69) is 33.3 Å². The van der Waals surface area contributed by atoms with Gasteiger partial charge in [-0.25, -0.2) is 0 Å². The van der Waals surface area contributed by atoms with Crippen LogP contribution in [0, 0.1) is 0 Å². The van der Waals surface area contributed by atoms with Crippen LogP contribution >= 0.6 is 22.7 Å². The van der Waals surface area contributed by atoms with Crippen LogP contribution < -0.4 is 0 Å². The van der Waals surface area contributed by atoms with Crippen LogP contribution in [0.2, 0.25) is 0 Å². The minimum absolute atomic E-state index is 1.11. The van der Waals surface area contributed by atoms with Gasteiger partial charge in [-0.05, 0) is 50.3 Å². The Bertz CT molecular complexity index is 427. The normalized spacial score (nSPS) is 15.8. The van der Waals surface area contributed by atoms with Gasteiger partial charge in [0.05, 0.1) is 0 Å². The van der Waals surface area contributed by atoms with E-state index in [1.165, 1.54) is 22.3 Å². The molecule has 0 bridgehead atoms. The maximum Gasteiger partial charge on any atom is 0.0251 e. The molecular formula is C12H13NS2. The molecule has 1 aliphatic heterocycles. The van der Waals surface area contributed by atoms with Crippen molar-refractivity contribution in [3.8, 4) is 11.1 Å². The van der Waals surface area contributed by atoms with Gasteiger partial charge in [0, 0.05) is 13.1 Å². The summed E-state index contributed by atoms with van der Waals surface area (Å²) in [5.74, 6) is 0. The van der Waals surface area contributed by atoms with Gasteiger partial charge in [-0.1, -0.05) is 6.92 Å². The molecule has 0 atom stereocenters. The van der Waals surface area contributed by atoms with Crippen LogP contribution in [0.4, 0.5) is 0 Å². The molecular weight excluding hydrogens is 222 g/mol. The van der Waals surface area contributed by atoms with E-state index in [0.29, 0.717) is 0 Å². The number of rotatable bonds is 1. The van der Waals surface area contributed by atoms with E-state index in [9.17, 15) is 0 Å². The van der Waals surface area contributed by atoms with Gasteiger partial charge in [0.2, 0.25) is 0 Å². The zero-order valence-corrected chi connectivity index (χ0v) is 10.3. The third kappa shape index (κ3) is 1.55. The molecule has 78 valence electrons. The molecule has 0 aromatic carbocycles. The molecule has 15 heavy (non-hydrogen) atoms. The van der Waals surface area contributed by atoms with Crippen LogP contribution in [0.25, 0.3) is 11.1 Å². The molecule has 0 fully saturated rings. The van der Waals surface area contributed by atoms with Gasteiger partial charge in [0.1, 0.15) is 0 Å². The van der Waals surface area contributed by atoms with E-state index in [1.54, 1.807) is 0 Å². The Labute approximate surface area is 98.0 Å². The van der Waals surface area contributed by atoms with Crippen LogP contribution in [0.5, 0.6) is 0 Å². The molecule has 0 unspecified atom stereocenters. The van der Waals surface area contributed by atoms with Gasteiger partial charge >= 0.3 is 0 Å². The van der Waals surface area contributed by atoms with Gasteiger partial charge in [-0.15, -0.1) is 0 Å². The minimum atomic E-state index is 1.11. The average molecular weight is 235 g/mol. The fraction of sp³-hybridized carbons (Fsp3) is 0.333. The second-order valence-electron chi connectivity index (χ2n) is 3.92. The first-order valence-electron chi connectivity index (χ1n) is 5.21. The summed E-state index contributed by atoms with van der Waals surface area (Å²) in [6, 6.07) is 0. The Morgan fingerprint density at radius 2 is 1.53 bits per heavy atom. The van der Waals surface area contributed by atoms with Crippen molar-refractivity contribution in [1.29, 1.82) is 0 Å². The van der Waals surface area contributed by atoms with E-state index in [1.807, 2.05) is 22.7 Å². The van der Waals surface area contributed by atoms with Crippen molar-refractivity contribution >= 4 is 22.7 Å². The second-order valence-corrected chi connectivity index (χ2v) is 5.41. The van der Waals surface area contributed by atoms with Crippen LogP contribution in [0.1, 0.15) is 18.1 Å². The number of hydrogen-bond donors (Lipinski definition) is 0. The fourth-order valence-electron chi connectivity index (χ4n) is 2.13. The smallest absolute Gasteiger partial charge is 0.0251 e. The summed E-state index contributed by atoms with van der Waals surface area (Å²) in [4.78, 5) is 2.50. The Morgan fingerprint density at radius 1 is 1.00 bits per heavy atom. The molecule has 3 heterocycles. The minimum Gasteiger partial charge on any atom is -0.295 e. The summed E-state index contributed by atoms with van der Waals surface area (Å²) in [5.41, 5.74) is 5.93. The Morgan fingerprint density at radius 3 is 2.00 bits per heavy atom. The Balaban J connectivity index is 2.16. The standard InChI is InChI=1S/C12H13NS2/c1-2-13-3-9-5-14-7-11(9)12-8-15-6-10(12)4-13/h5-8H,2-4H2,1H3. The lowest BCUT2D eigenvalue weighted by atomic mass is 10.1. The van der Waals surface area contributed by atoms with Crippen molar-refractivity contribution in [3.05, 3.63) is 32.6 Å². The first kappa shape index (κ1) is 9.58. The largest absolute Gasteiger partial charge is 0.295 e. The highest BCUT2D eigenvalue weighted by molar-refractivity contribution is 7.09. The average Bonchev–Trinajstić information content (AvgIpc) is 2.84. The molecule has 3 rings (SSSR count). The van der Waals surface area contributed by atoms with Gasteiger partial charge in [0.15, 0.2) is 0 Å². The summed E-state index contributed by atoms with van der Waals surface area (Å²) in [7, 11) is 0. The lowest BCUT2D eigenvalue weighted by Crippen LogP contribution is -2.20. The zero-order chi connectivity index (χ0) is 10.3. The third-order valence-corrected chi connectivity index (χ3v) is 4.59. The van der Waals surface area contributed by atoms with E-state index in [0.717, 1.165) is 19.6 Å². The topological polar surface area (TPSA) is 3.24 Å². The van der Waals surface area contributed by atoms with E-state index in [4.69, 9.17) is 0 Å². The molecule has 0 radical (unpaired) electrons. The second kappa shape index (κ2) is 3.74. The Hall–Kier alpha value is -0.640. The summed E-state index contributed by atoms with van der Waals surface area (Å²) in [6.07, 6.45) is 0. The molecule has 2 aromatic rings. The number of hydrogen-bond acceptors (Lipinski definition) is 3. The summed E-state index contributed by atoms with van der Waals surface area (Å²) >= 11 is 3.64. The van der Waals surface area contributed by atoms with Crippen LogP contribution in [-0.4, -0.2) is 11.4 Å². The molecule has 0 spiro atoms. The lowest BCUT2D eigenvalue weighted by Gasteiger charge is -2.17. The van der Waals surface area contributed by atoms with Crippen molar-refractivity contribution in [2.45, 2.75) is 20.0 Å². The molecule has 3 heteroatoms. The fourth-order valence-corrected chi connectivity index (χ4v) is 3.82. The highest BCUT2D eigenvalue weighted by Gasteiger charge is 2.19. The van der Waals surface area contributed by atoms with Crippen molar-refractivity contribution in [3.63, 3.8) is 0 Å². The number of thiophene rings is 2. The molecule has 1 aliphatic rings. The maximum atomic E-state index is 2.50. The molecule has 1 nitrogen and oxygen atoms in total. The van der Waals surface area contributed by atoms with Gasteiger partial charge < -0.3 is 0 Å². The van der Waals surface area contributed by atoms with E-state index in [-0.39, 0.29) is 0 Å². The van der Waals surface area contributed by atoms with Crippen molar-refractivity contribution in [1.82, 2.24) is 4.90 Å². The predicted molar refractivity (Wildman–Crippen MR) is 67.4 cm³/mol. The summed E-state index contributed by atoms with van der Waals surface area (Å²) < 4.78 is 0. The summed E-state index contributed by atoms with van der Waals surface area (Å²) in [5, 5.41) is 9.18. The predicted octanol–water partition coefficient (Wildman–Crippen LogP) is 3.81. The molecule has 0 saturated carbocycles. The molecule has 0 saturated heterocycles. The van der Waals surface area contributed by atoms with Crippen LogP contribution in [0.15, 0.2) is 21.5 Å². The van der Waals surface area contributed by atoms with Crippen LogP contribution in [-0.2, 0) is 13.1 Å². The van der Waals surface area contributed by atoms with Crippen molar-refractivity contribution < 1.29 is 0 Å².